The summed E-state index contributed by atoms with van der Waals surface area (Å²) in [4.78, 5) is 15.1. The van der Waals surface area contributed by atoms with E-state index < -0.39 is 17.5 Å². The number of aromatic nitrogens is 3. The van der Waals surface area contributed by atoms with Crippen molar-refractivity contribution in [1.29, 1.82) is 0 Å². The molecule has 0 aliphatic carbocycles. The molecular weight excluding hydrogens is 428 g/mol. The Balaban J connectivity index is 1.41. The van der Waals surface area contributed by atoms with Gasteiger partial charge in [-0.05, 0) is 23.3 Å². The molecule has 0 amide bonds. The summed E-state index contributed by atoms with van der Waals surface area (Å²) in [5.74, 6) is -1.26. The van der Waals surface area contributed by atoms with Crippen LogP contribution in [-0.2, 0) is 28.0 Å². The summed E-state index contributed by atoms with van der Waals surface area (Å²) in [6.07, 6.45) is -0.184. The highest BCUT2D eigenvalue weighted by Gasteiger charge is 2.40. The van der Waals surface area contributed by atoms with E-state index in [9.17, 15) is 9.18 Å². The Morgan fingerprint density at radius 3 is 2.55 bits per heavy atom. The minimum atomic E-state index is -1.47. The van der Waals surface area contributed by atoms with Crippen molar-refractivity contribution < 1.29 is 27.8 Å². The number of aliphatic carboxylic acids is 1. The predicted octanol–water partition coefficient (Wildman–Crippen LogP) is 3.90. The van der Waals surface area contributed by atoms with Gasteiger partial charge in [-0.25, -0.2) is 13.8 Å². The first kappa shape index (κ1) is 19.7. The lowest BCUT2D eigenvalue weighted by Gasteiger charge is -2.34. The van der Waals surface area contributed by atoms with Crippen LogP contribution in [0.3, 0.4) is 0 Å². The van der Waals surface area contributed by atoms with Gasteiger partial charge in [-0.3, -0.25) is 4.79 Å². The highest BCUT2D eigenvalue weighted by Crippen LogP contribution is 2.37. The Morgan fingerprint density at radius 2 is 1.87 bits per heavy atom. The molecule has 1 N–H and O–H groups in total. The van der Waals surface area contributed by atoms with Crippen molar-refractivity contribution in [2.75, 3.05) is 13.2 Å². The fourth-order valence-corrected chi connectivity index (χ4v) is 4.38. The van der Waals surface area contributed by atoms with Crippen molar-refractivity contribution >= 4 is 27.5 Å². The van der Waals surface area contributed by atoms with Crippen LogP contribution in [0.25, 0.3) is 21.3 Å². The summed E-state index contributed by atoms with van der Waals surface area (Å²) in [6.45, 7) is 0.0717. The number of carboxylic acids is 1. The molecule has 1 fully saturated rings. The SMILES string of the molecule is O=C(O)Cc1nnc(Cc2nc3ccc(-c4ccc(C5(F)COC5)cc4)c(F)c3s2)o1. The van der Waals surface area contributed by atoms with Crippen molar-refractivity contribution in [2.45, 2.75) is 18.5 Å². The van der Waals surface area contributed by atoms with Gasteiger partial charge in [0, 0.05) is 5.56 Å². The molecule has 5 rings (SSSR count). The monoisotopic (exact) mass is 443 g/mol. The summed E-state index contributed by atoms with van der Waals surface area (Å²) >= 11 is 1.16. The zero-order valence-electron chi connectivity index (χ0n) is 16.0. The van der Waals surface area contributed by atoms with Gasteiger partial charge in [0.05, 0.1) is 29.9 Å². The molecule has 2 aromatic heterocycles. The number of carboxylic acid groups (broad SMARTS) is 1. The van der Waals surface area contributed by atoms with Gasteiger partial charge in [0.25, 0.3) is 0 Å². The Morgan fingerprint density at radius 1 is 1.13 bits per heavy atom. The fourth-order valence-electron chi connectivity index (χ4n) is 3.39. The Labute approximate surface area is 178 Å². The second-order valence-corrected chi connectivity index (χ2v) is 8.34. The molecule has 1 saturated heterocycles. The number of fused-ring (bicyclic) bond motifs is 1. The molecule has 0 atom stereocenters. The summed E-state index contributed by atoms with van der Waals surface area (Å²) in [7, 11) is 0. The number of thiazole rings is 1. The molecule has 2 aromatic carbocycles. The van der Waals surface area contributed by atoms with Gasteiger partial charge >= 0.3 is 5.97 Å². The molecule has 158 valence electrons. The van der Waals surface area contributed by atoms with Gasteiger partial charge in [0.1, 0.15) is 17.2 Å². The number of halogens is 2. The molecule has 31 heavy (non-hydrogen) atoms. The minimum Gasteiger partial charge on any atom is -0.481 e. The number of benzene rings is 2. The first-order chi connectivity index (χ1) is 14.9. The molecule has 0 unspecified atom stereocenters. The van der Waals surface area contributed by atoms with Gasteiger partial charge in [-0.1, -0.05) is 24.3 Å². The fraction of sp³-hybridized carbons (Fsp3) is 0.238. The second kappa shape index (κ2) is 7.47. The van der Waals surface area contributed by atoms with E-state index >= 15 is 4.39 Å². The summed E-state index contributed by atoms with van der Waals surface area (Å²) in [6, 6.07) is 10.1. The molecule has 0 spiro atoms. The van der Waals surface area contributed by atoms with Crippen molar-refractivity contribution in [3.8, 4) is 11.1 Å². The smallest absolute Gasteiger partial charge is 0.312 e. The standard InChI is InChI=1S/C21H15F2N3O4S/c22-19-13(11-1-3-12(4-2-11)21(23)9-29-10-21)5-6-14-20(19)31-17(24-14)7-15-25-26-16(30-15)8-18(27)28/h1-6H,7-10H2,(H,27,28). The summed E-state index contributed by atoms with van der Waals surface area (Å²) in [5.41, 5.74) is 0.584. The van der Waals surface area contributed by atoms with Crippen molar-refractivity contribution in [3.63, 3.8) is 0 Å². The third kappa shape index (κ3) is 3.68. The normalized spacial score (nSPS) is 15.2. The molecule has 1 aliphatic heterocycles. The van der Waals surface area contributed by atoms with E-state index in [-0.39, 0.29) is 37.8 Å². The van der Waals surface area contributed by atoms with Crippen LogP contribution < -0.4 is 0 Å². The van der Waals surface area contributed by atoms with E-state index in [0.29, 0.717) is 31.9 Å². The topological polar surface area (TPSA) is 98.3 Å². The van der Waals surface area contributed by atoms with E-state index in [0.717, 1.165) is 11.3 Å². The molecule has 10 heteroatoms. The molecule has 4 aromatic rings. The van der Waals surface area contributed by atoms with E-state index in [1.54, 1.807) is 36.4 Å². The molecule has 3 heterocycles. The zero-order chi connectivity index (χ0) is 21.6. The molecule has 0 bridgehead atoms. The van der Waals surface area contributed by atoms with Crippen LogP contribution in [0, 0.1) is 5.82 Å². The van der Waals surface area contributed by atoms with Crippen LogP contribution >= 0.6 is 11.3 Å². The van der Waals surface area contributed by atoms with Crippen LogP contribution in [0.5, 0.6) is 0 Å². The van der Waals surface area contributed by atoms with Gasteiger partial charge in [-0.15, -0.1) is 21.5 Å². The van der Waals surface area contributed by atoms with Crippen LogP contribution in [0.4, 0.5) is 8.78 Å². The third-order valence-corrected chi connectivity index (χ3v) is 6.09. The maximum Gasteiger partial charge on any atom is 0.312 e. The highest BCUT2D eigenvalue weighted by atomic mass is 32.1. The highest BCUT2D eigenvalue weighted by molar-refractivity contribution is 7.18. The Bertz CT molecular complexity index is 1280. The first-order valence-electron chi connectivity index (χ1n) is 9.40. The average Bonchev–Trinajstić information content (AvgIpc) is 3.33. The maximum atomic E-state index is 15.2. The van der Waals surface area contributed by atoms with Crippen LogP contribution in [0.15, 0.2) is 40.8 Å². The van der Waals surface area contributed by atoms with E-state index in [1.807, 2.05) is 0 Å². The van der Waals surface area contributed by atoms with Crippen LogP contribution in [0.1, 0.15) is 22.4 Å². The number of carbonyl (C=O) groups is 1. The lowest BCUT2D eigenvalue weighted by Crippen LogP contribution is -2.42. The first-order valence-corrected chi connectivity index (χ1v) is 10.2. The minimum absolute atomic E-state index is 0.00375. The second-order valence-electron chi connectivity index (χ2n) is 7.26. The number of hydrogen-bond donors (Lipinski definition) is 1. The number of ether oxygens (including phenoxy) is 1. The van der Waals surface area contributed by atoms with Crippen LogP contribution in [-0.4, -0.2) is 39.5 Å². The summed E-state index contributed by atoms with van der Waals surface area (Å²) in [5, 5.41) is 16.8. The molecule has 0 saturated carbocycles. The van der Waals surface area contributed by atoms with Gasteiger partial charge in [-0.2, -0.15) is 0 Å². The quantitative estimate of drug-likeness (QED) is 0.483. The van der Waals surface area contributed by atoms with E-state index in [2.05, 4.69) is 15.2 Å². The number of rotatable bonds is 6. The molecule has 0 radical (unpaired) electrons. The number of hydrogen-bond acceptors (Lipinski definition) is 7. The molecule has 1 aliphatic rings. The van der Waals surface area contributed by atoms with Crippen LogP contribution in [0.2, 0.25) is 0 Å². The third-order valence-electron chi connectivity index (χ3n) is 5.03. The largest absolute Gasteiger partial charge is 0.481 e. The average molecular weight is 443 g/mol. The zero-order valence-corrected chi connectivity index (χ0v) is 16.8. The molecule has 7 nitrogen and oxygen atoms in total. The van der Waals surface area contributed by atoms with Crippen molar-refractivity contribution in [2.24, 2.45) is 0 Å². The summed E-state index contributed by atoms with van der Waals surface area (Å²) < 4.78 is 40.3. The van der Waals surface area contributed by atoms with Crippen molar-refractivity contribution in [1.82, 2.24) is 15.2 Å². The van der Waals surface area contributed by atoms with Gasteiger partial charge in [0.2, 0.25) is 11.8 Å². The Hall–Kier alpha value is -3.24. The number of nitrogens with zero attached hydrogens (tertiary/aromatic N) is 3. The lowest BCUT2D eigenvalue weighted by molar-refractivity contribution is -0.136. The predicted molar refractivity (Wildman–Crippen MR) is 107 cm³/mol. The van der Waals surface area contributed by atoms with E-state index in [4.69, 9.17) is 14.3 Å². The van der Waals surface area contributed by atoms with Gasteiger partial charge in [0.15, 0.2) is 5.67 Å². The molecular formula is C21H15F2N3O4S. The maximum absolute atomic E-state index is 15.2. The lowest BCUT2D eigenvalue weighted by atomic mass is 9.92. The Kier molecular flexibility index (Phi) is 4.75. The van der Waals surface area contributed by atoms with E-state index in [1.165, 1.54) is 0 Å². The number of alkyl halides is 1. The van der Waals surface area contributed by atoms with Gasteiger partial charge < -0.3 is 14.3 Å². The van der Waals surface area contributed by atoms with Crippen molar-refractivity contribution in [3.05, 3.63) is 64.6 Å².